The van der Waals surface area contributed by atoms with E-state index < -0.39 is 5.25 Å². The topological polar surface area (TPSA) is 61.8 Å². The Morgan fingerprint density at radius 2 is 1.84 bits per heavy atom. The summed E-state index contributed by atoms with van der Waals surface area (Å²) in [6.45, 7) is 0.388. The number of carbonyl (C=O) groups is 2. The lowest BCUT2D eigenvalue weighted by molar-refractivity contribution is -0.129. The number of carbonyl (C=O) groups excluding carboxylic acids is 2. The summed E-state index contributed by atoms with van der Waals surface area (Å²) < 4.78 is 0.863. The van der Waals surface area contributed by atoms with Gasteiger partial charge >= 0.3 is 0 Å². The van der Waals surface area contributed by atoms with Crippen LogP contribution in [0.25, 0.3) is 0 Å². The minimum absolute atomic E-state index is 0.0942. The summed E-state index contributed by atoms with van der Waals surface area (Å²) >= 11 is 10.7. The van der Waals surface area contributed by atoms with E-state index in [1.54, 1.807) is 29.2 Å². The molecule has 1 N–H and O–H groups in total. The van der Waals surface area contributed by atoms with Gasteiger partial charge in [-0.1, -0.05) is 75.7 Å². The zero-order chi connectivity index (χ0) is 22.5. The summed E-state index contributed by atoms with van der Waals surface area (Å²) in [5.41, 5.74) is 2.32. The van der Waals surface area contributed by atoms with Crippen LogP contribution in [0.15, 0.2) is 88.3 Å². The van der Waals surface area contributed by atoms with Gasteiger partial charge in [0.1, 0.15) is 5.25 Å². The number of benzene rings is 3. The Kier molecular flexibility index (Phi) is 7.29. The molecular weight excluding hydrogens is 510 g/mol. The zero-order valence-electron chi connectivity index (χ0n) is 16.9. The Morgan fingerprint density at radius 3 is 2.56 bits per heavy atom. The van der Waals surface area contributed by atoms with E-state index in [4.69, 9.17) is 11.6 Å². The zero-order valence-corrected chi connectivity index (χ0v) is 20.0. The monoisotopic (exact) mass is 527 g/mol. The molecule has 0 saturated carbocycles. The summed E-state index contributed by atoms with van der Waals surface area (Å²) in [5, 5.41) is 3.41. The van der Waals surface area contributed by atoms with Crippen molar-refractivity contribution < 1.29 is 9.59 Å². The van der Waals surface area contributed by atoms with Crippen LogP contribution in [0.2, 0.25) is 5.02 Å². The second-order valence-electron chi connectivity index (χ2n) is 7.15. The number of hydrogen-bond acceptors (Lipinski definition) is 4. The van der Waals surface area contributed by atoms with E-state index in [0.29, 0.717) is 28.1 Å². The molecule has 4 rings (SSSR count). The van der Waals surface area contributed by atoms with Crippen LogP contribution < -0.4 is 5.32 Å². The number of thioether (sulfide) groups is 1. The van der Waals surface area contributed by atoms with Gasteiger partial charge in [0, 0.05) is 21.6 Å². The van der Waals surface area contributed by atoms with Gasteiger partial charge in [-0.15, -0.1) is 0 Å². The van der Waals surface area contributed by atoms with E-state index >= 15 is 0 Å². The Morgan fingerprint density at radius 1 is 1.09 bits per heavy atom. The molecule has 0 bridgehead atoms. The highest BCUT2D eigenvalue weighted by atomic mass is 79.9. The average molecular weight is 529 g/mol. The third-order valence-corrected chi connectivity index (χ3v) is 6.69. The summed E-state index contributed by atoms with van der Waals surface area (Å²) in [5.74, 6) is -0.376. The highest BCUT2D eigenvalue weighted by Gasteiger charge is 2.36. The molecule has 5 nitrogen and oxygen atoms in total. The molecule has 162 valence electrons. The minimum Gasteiger partial charge on any atom is -0.325 e. The molecule has 32 heavy (non-hydrogen) atoms. The van der Waals surface area contributed by atoms with Gasteiger partial charge < -0.3 is 5.32 Å². The molecule has 1 unspecified atom stereocenters. The summed E-state index contributed by atoms with van der Waals surface area (Å²) in [7, 11) is 0. The third-order valence-electron chi connectivity index (χ3n) is 4.76. The Labute approximate surface area is 204 Å². The van der Waals surface area contributed by atoms with Crippen LogP contribution >= 0.6 is 39.3 Å². The van der Waals surface area contributed by atoms with Gasteiger partial charge in [-0.25, -0.2) is 4.99 Å². The molecule has 1 heterocycles. The molecule has 3 aromatic carbocycles. The lowest BCUT2D eigenvalue weighted by Gasteiger charge is -2.32. The largest absolute Gasteiger partial charge is 0.325 e. The van der Waals surface area contributed by atoms with Crippen molar-refractivity contribution in [3.63, 3.8) is 0 Å². The molecule has 1 aliphatic rings. The number of aliphatic imine (C=N–C) groups is 1. The molecule has 1 fully saturated rings. The molecule has 8 heteroatoms. The van der Waals surface area contributed by atoms with Crippen molar-refractivity contribution >= 4 is 67.6 Å². The van der Waals surface area contributed by atoms with Gasteiger partial charge in [0.25, 0.3) is 0 Å². The second-order valence-corrected chi connectivity index (χ2v) is 9.67. The molecule has 2 amide bonds. The predicted molar refractivity (Wildman–Crippen MR) is 134 cm³/mol. The Bertz CT molecular complexity index is 1160. The predicted octanol–water partition coefficient (Wildman–Crippen LogP) is 6.26. The molecule has 1 aliphatic heterocycles. The average Bonchev–Trinajstić information content (AvgIpc) is 2.78. The van der Waals surface area contributed by atoms with E-state index in [2.05, 4.69) is 26.2 Å². The standard InChI is InChI=1S/C24H19BrClN3O2S/c25-17-7-4-8-20(13-17)27-23(31)21-14-22(30)29(15-16-5-2-1-3-6-16)24(32-21)28-19-11-9-18(26)10-12-19/h1-13,21H,14-15H2,(H,27,31). The van der Waals surface area contributed by atoms with E-state index in [-0.39, 0.29) is 18.2 Å². The number of amides is 2. The fourth-order valence-corrected chi connectivity index (χ4v) is 4.80. The van der Waals surface area contributed by atoms with Crippen LogP contribution in [0.1, 0.15) is 12.0 Å². The van der Waals surface area contributed by atoms with E-state index in [9.17, 15) is 9.59 Å². The first kappa shape index (κ1) is 22.6. The quantitative estimate of drug-likeness (QED) is 0.425. The minimum atomic E-state index is -0.584. The van der Waals surface area contributed by atoms with Crippen molar-refractivity contribution in [3.8, 4) is 0 Å². The normalized spacial score (nSPS) is 17.4. The molecule has 1 atom stereocenters. The first-order chi connectivity index (χ1) is 15.5. The van der Waals surface area contributed by atoms with Gasteiger partial charge in [-0.05, 0) is 48.0 Å². The molecular formula is C24H19BrClN3O2S. The lowest BCUT2D eigenvalue weighted by Crippen LogP contribution is -2.44. The van der Waals surface area contributed by atoms with Crippen LogP contribution in [0.4, 0.5) is 11.4 Å². The first-order valence-electron chi connectivity index (χ1n) is 9.89. The number of halogens is 2. The van der Waals surface area contributed by atoms with E-state index in [1.807, 2.05) is 54.6 Å². The highest BCUT2D eigenvalue weighted by molar-refractivity contribution is 9.10. The molecule has 0 spiro atoms. The fraction of sp³-hybridized carbons (Fsp3) is 0.125. The molecule has 0 radical (unpaired) electrons. The van der Waals surface area contributed by atoms with E-state index in [0.717, 1.165) is 10.0 Å². The van der Waals surface area contributed by atoms with Gasteiger partial charge in [-0.2, -0.15) is 0 Å². The van der Waals surface area contributed by atoms with Gasteiger partial charge in [0.15, 0.2) is 5.17 Å². The second kappa shape index (κ2) is 10.3. The number of rotatable bonds is 5. The SMILES string of the molecule is O=C(Nc1cccc(Br)c1)C1CC(=O)N(Cc2ccccc2)C(=Nc2ccc(Cl)cc2)S1. The lowest BCUT2D eigenvalue weighted by atomic mass is 10.2. The number of nitrogens with one attached hydrogen (secondary N) is 1. The maximum absolute atomic E-state index is 13.1. The highest BCUT2D eigenvalue weighted by Crippen LogP contribution is 2.31. The van der Waals surface area contributed by atoms with E-state index in [1.165, 1.54) is 11.8 Å². The Balaban J connectivity index is 1.59. The molecule has 0 aromatic heterocycles. The molecule has 0 aliphatic carbocycles. The van der Waals surface area contributed by atoms with Crippen LogP contribution in [0.5, 0.6) is 0 Å². The summed E-state index contributed by atoms with van der Waals surface area (Å²) in [6, 6.07) is 24.1. The third kappa shape index (κ3) is 5.79. The van der Waals surface area contributed by atoms with Crippen molar-refractivity contribution in [2.24, 2.45) is 4.99 Å². The maximum atomic E-state index is 13.1. The summed E-state index contributed by atoms with van der Waals surface area (Å²) in [4.78, 5) is 32.4. The van der Waals surface area contributed by atoms with Crippen LogP contribution in [0, 0.1) is 0 Å². The van der Waals surface area contributed by atoms with Crippen molar-refractivity contribution in [1.82, 2.24) is 4.90 Å². The number of nitrogens with zero attached hydrogens (tertiary/aromatic N) is 2. The van der Waals surface area contributed by atoms with Crippen molar-refractivity contribution in [1.29, 1.82) is 0 Å². The van der Waals surface area contributed by atoms with Crippen LogP contribution in [-0.4, -0.2) is 27.1 Å². The van der Waals surface area contributed by atoms with Gasteiger partial charge in [0.05, 0.1) is 12.2 Å². The van der Waals surface area contributed by atoms with Crippen molar-refractivity contribution in [3.05, 3.63) is 93.9 Å². The van der Waals surface area contributed by atoms with Gasteiger partial charge in [-0.3, -0.25) is 14.5 Å². The smallest absolute Gasteiger partial charge is 0.238 e. The molecule has 1 saturated heterocycles. The first-order valence-corrected chi connectivity index (χ1v) is 11.9. The Hall–Kier alpha value is -2.61. The number of amidine groups is 1. The van der Waals surface area contributed by atoms with Crippen molar-refractivity contribution in [2.45, 2.75) is 18.2 Å². The van der Waals surface area contributed by atoms with Crippen LogP contribution in [-0.2, 0) is 16.1 Å². The number of hydrogen-bond donors (Lipinski definition) is 1. The van der Waals surface area contributed by atoms with Crippen LogP contribution in [0.3, 0.4) is 0 Å². The fourth-order valence-electron chi connectivity index (χ4n) is 3.18. The van der Waals surface area contributed by atoms with Gasteiger partial charge in [0.2, 0.25) is 11.8 Å². The maximum Gasteiger partial charge on any atom is 0.238 e. The number of anilines is 1. The molecule has 3 aromatic rings. The van der Waals surface area contributed by atoms with Crippen molar-refractivity contribution in [2.75, 3.05) is 5.32 Å². The summed E-state index contributed by atoms with van der Waals surface area (Å²) in [6.07, 6.45) is 0.0942.